The van der Waals surface area contributed by atoms with Crippen LogP contribution in [0.3, 0.4) is 0 Å². The van der Waals surface area contributed by atoms with E-state index in [1.807, 2.05) is 26.0 Å². The molecule has 17 heavy (non-hydrogen) atoms. The number of aliphatic hydroxyl groups is 1. The molecule has 1 aromatic carbocycles. The fourth-order valence-electron chi connectivity index (χ4n) is 1.43. The van der Waals surface area contributed by atoms with E-state index in [4.69, 9.17) is 28.3 Å². The Balaban J connectivity index is 2.36. The van der Waals surface area contributed by atoms with Crippen LogP contribution in [-0.4, -0.2) is 24.8 Å². The van der Waals surface area contributed by atoms with E-state index in [0.29, 0.717) is 10.0 Å². The quantitative estimate of drug-likeness (QED) is 0.782. The molecule has 1 aromatic rings. The molecule has 4 heteroatoms. The normalized spacial score (nSPS) is 11.8. The molecule has 0 aliphatic heterocycles. The molecule has 0 amide bonds. The van der Waals surface area contributed by atoms with E-state index in [1.54, 1.807) is 6.07 Å². The van der Waals surface area contributed by atoms with Gasteiger partial charge in [-0.25, -0.2) is 0 Å². The number of benzene rings is 1. The summed E-state index contributed by atoms with van der Waals surface area (Å²) in [5.41, 5.74) is 1.01. The van der Waals surface area contributed by atoms with Crippen molar-refractivity contribution in [2.75, 3.05) is 19.7 Å². The Hall–Kier alpha value is -0.280. The number of hydrogen-bond donors (Lipinski definition) is 2. The Morgan fingerprint density at radius 3 is 2.59 bits per heavy atom. The SMILES string of the molecule is CC(C)(CO)CNCCc1ccc(Cl)cc1Cl. The van der Waals surface area contributed by atoms with Crippen molar-refractivity contribution in [1.29, 1.82) is 0 Å². The summed E-state index contributed by atoms with van der Waals surface area (Å²) in [6.45, 7) is 5.85. The molecule has 0 atom stereocenters. The summed E-state index contributed by atoms with van der Waals surface area (Å²) in [5.74, 6) is 0. The fourth-order valence-corrected chi connectivity index (χ4v) is 1.93. The van der Waals surface area contributed by atoms with Crippen LogP contribution in [0.15, 0.2) is 18.2 Å². The van der Waals surface area contributed by atoms with Crippen LogP contribution in [0.1, 0.15) is 19.4 Å². The Morgan fingerprint density at radius 1 is 1.29 bits per heavy atom. The van der Waals surface area contributed by atoms with Gasteiger partial charge in [0, 0.05) is 28.6 Å². The van der Waals surface area contributed by atoms with Crippen LogP contribution < -0.4 is 5.32 Å². The van der Waals surface area contributed by atoms with Gasteiger partial charge in [0.2, 0.25) is 0 Å². The minimum atomic E-state index is -0.0796. The van der Waals surface area contributed by atoms with Gasteiger partial charge in [-0.1, -0.05) is 43.1 Å². The summed E-state index contributed by atoms with van der Waals surface area (Å²) in [5, 5.41) is 13.8. The molecule has 96 valence electrons. The van der Waals surface area contributed by atoms with Crippen molar-refractivity contribution in [2.24, 2.45) is 5.41 Å². The largest absolute Gasteiger partial charge is 0.396 e. The molecular weight excluding hydrogens is 257 g/mol. The number of rotatable bonds is 6. The third-order valence-electron chi connectivity index (χ3n) is 2.62. The molecule has 0 saturated heterocycles. The monoisotopic (exact) mass is 275 g/mol. The first-order valence-corrected chi connectivity index (χ1v) is 6.46. The van der Waals surface area contributed by atoms with Crippen molar-refractivity contribution in [3.8, 4) is 0 Å². The van der Waals surface area contributed by atoms with Crippen LogP contribution in [0.2, 0.25) is 10.0 Å². The van der Waals surface area contributed by atoms with Gasteiger partial charge in [0.1, 0.15) is 0 Å². The summed E-state index contributed by atoms with van der Waals surface area (Å²) in [7, 11) is 0. The smallest absolute Gasteiger partial charge is 0.0494 e. The van der Waals surface area contributed by atoms with Crippen LogP contribution >= 0.6 is 23.2 Å². The first-order valence-electron chi connectivity index (χ1n) is 5.70. The van der Waals surface area contributed by atoms with Gasteiger partial charge in [0.05, 0.1) is 0 Å². The summed E-state index contributed by atoms with van der Waals surface area (Å²) in [6.07, 6.45) is 0.859. The standard InChI is InChI=1S/C13H19Cl2NO/c1-13(2,9-17)8-16-6-5-10-3-4-11(14)7-12(10)15/h3-4,7,16-17H,5-6,8-9H2,1-2H3. The molecule has 0 radical (unpaired) electrons. The molecule has 0 fully saturated rings. The number of hydrogen-bond acceptors (Lipinski definition) is 2. The summed E-state index contributed by atoms with van der Waals surface area (Å²) in [4.78, 5) is 0. The Bertz CT molecular complexity index is 366. The minimum absolute atomic E-state index is 0.0796. The minimum Gasteiger partial charge on any atom is -0.396 e. The predicted octanol–water partition coefficient (Wildman–Crippen LogP) is 3.14. The first kappa shape index (κ1) is 14.8. The van der Waals surface area contributed by atoms with Gasteiger partial charge in [-0.2, -0.15) is 0 Å². The van der Waals surface area contributed by atoms with Crippen LogP contribution in [0.5, 0.6) is 0 Å². The van der Waals surface area contributed by atoms with Crippen LogP contribution in [0, 0.1) is 5.41 Å². The lowest BCUT2D eigenvalue weighted by atomic mass is 9.95. The molecule has 2 nitrogen and oxygen atoms in total. The van der Waals surface area contributed by atoms with Crippen LogP contribution in [-0.2, 0) is 6.42 Å². The van der Waals surface area contributed by atoms with E-state index in [1.165, 1.54) is 0 Å². The molecule has 0 saturated carbocycles. The van der Waals surface area contributed by atoms with Crippen molar-refractivity contribution in [3.63, 3.8) is 0 Å². The maximum atomic E-state index is 9.11. The highest BCUT2D eigenvalue weighted by molar-refractivity contribution is 6.35. The predicted molar refractivity (Wildman–Crippen MR) is 73.9 cm³/mol. The lowest BCUT2D eigenvalue weighted by molar-refractivity contribution is 0.157. The zero-order valence-corrected chi connectivity index (χ0v) is 11.8. The molecular formula is C13H19Cl2NO. The third kappa shape index (κ3) is 5.26. The fraction of sp³-hybridized carbons (Fsp3) is 0.538. The third-order valence-corrected chi connectivity index (χ3v) is 3.20. The van der Waals surface area contributed by atoms with Gasteiger partial charge in [-0.15, -0.1) is 0 Å². The first-order chi connectivity index (χ1) is 7.94. The number of aliphatic hydroxyl groups excluding tert-OH is 1. The average Bonchev–Trinajstić information content (AvgIpc) is 2.27. The van der Waals surface area contributed by atoms with Gasteiger partial charge in [-0.3, -0.25) is 0 Å². The lowest BCUT2D eigenvalue weighted by Gasteiger charge is -2.21. The highest BCUT2D eigenvalue weighted by atomic mass is 35.5. The molecule has 0 bridgehead atoms. The number of halogens is 2. The van der Waals surface area contributed by atoms with E-state index in [9.17, 15) is 0 Å². The van der Waals surface area contributed by atoms with Crippen LogP contribution in [0.4, 0.5) is 0 Å². The maximum Gasteiger partial charge on any atom is 0.0494 e. The van der Waals surface area contributed by atoms with E-state index >= 15 is 0 Å². The van der Waals surface area contributed by atoms with E-state index in [0.717, 1.165) is 25.1 Å². The highest BCUT2D eigenvalue weighted by Crippen LogP contribution is 2.21. The lowest BCUT2D eigenvalue weighted by Crippen LogP contribution is -2.33. The summed E-state index contributed by atoms with van der Waals surface area (Å²) < 4.78 is 0. The van der Waals surface area contributed by atoms with Crippen molar-refractivity contribution in [3.05, 3.63) is 33.8 Å². The van der Waals surface area contributed by atoms with Gasteiger partial charge in [0.15, 0.2) is 0 Å². The Morgan fingerprint density at radius 2 is 2.00 bits per heavy atom. The molecule has 0 heterocycles. The molecule has 0 aliphatic carbocycles. The second-order valence-corrected chi connectivity index (χ2v) is 5.83. The summed E-state index contributed by atoms with van der Waals surface area (Å²) in [6, 6.07) is 5.56. The zero-order valence-electron chi connectivity index (χ0n) is 10.3. The van der Waals surface area contributed by atoms with Crippen LogP contribution in [0.25, 0.3) is 0 Å². The van der Waals surface area contributed by atoms with Crippen molar-refractivity contribution in [1.82, 2.24) is 5.32 Å². The van der Waals surface area contributed by atoms with Gasteiger partial charge in [0.25, 0.3) is 0 Å². The van der Waals surface area contributed by atoms with E-state index in [-0.39, 0.29) is 12.0 Å². The molecule has 2 N–H and O–H groups in total. The number of nitrogens with one attached hydrogen (secondary N) is 1. The van der Waals surface area contributed by atoms with Gasteiger partial charge >= 0.3 is 0 Å². The van der Waals surface area contributed by atoms with Crippen molar-refractivity contribution >= 4 is 23.2 Å². The molecule has 0 spiro atoms. The second-order valence-electron chi connectivity index (χ2n) is 4.98. The second kappa shape index (κ2) is 6.60. The average molecular weight is 276 g/mol. The maximum absolute atomic E-state index is 9.11. The van der Waals surface area contributed by atoms with Gasteiger partial charge < -0.3 is 10.4 Å². The van der Waals surface area contributed by atoms with Crippen molar-refractivity contribution < 1.29 is 5.11 Å². The zero-order chi connectivity index (χ0) is 12.9. The molecule has 1 rings (SSSR count). The molecule has 0 aliphatic rings. The van der Waals surface area contributed by atoms with Crippen molar-refractivity contribution in [2.45, 2.75) is 20.3 Å². The molecule has 0 unspecified atom stereocenters. The Kier molecular flexibility index (Phi) is 5.74. The Labute approximate surface area is 113 Å². The van der Waals surface area contributed by atoms with E-state index < -0.39 is 0 Å². The molecule has 0 aromatic heterocycles. The highest BCUT2D eigenvalue weighted by Gasteiger charge is 2.15. The van der Waals surface area contributed by atoms with E-state index in [2.05, 4.69) is 5.32 Å². The topological polar surface area (TPSA) is 32.3 Å². The summed E-state index contributed by atoms with van der Waals surface area (Å²) >= 11 is 11.9. The van der Waals surface area contributed by atoms with Gasteiger partial charge in [-0.05, 0) is 30.7 Å².